The Labute approximate surface area is 227 Å². The first-order chi connectivity index (χ1) is 19.0. The molecule has 3 N–H and O–H groups in total. The summed E-state index contributed by atoms with van der Waals surface area (Å²) in [6.45, 7) is 3.24. The highest BCUT2D eigenvalue weighted by molar-refractivity contribution is 5.94. The Morgan fingerprint density at radius 2 is 1.88 bits per heavy atom. The van der Waals surface area contributed by atoms with Crippen LogP contribution >= 0.6 is 0 Å². The second kappa shape index (κ2) is 10.5. The van der Waals surface area contributed by atoms with Crippen molar-refractivity contribution in [3.8, 4) is 5.69 Å². The fourth-order valence-corrected chi connectivity index (χ4v) is 4.80. The molecule has 4 aromatic rings. The molecule has 0 aliphatic carbocycles. The molecule has 1 aliphatic heterocycles. The number of nitrogen functional groups attached to an aromatic ring is 1. The van der Waals surface area contributed by atoms with Crippen molar-refractivity contribution in [1.82, 2.24) is 25.2 Å². The maximum Gasteiger partial charge on any atom is 0.435 e. The van der Waals surface area contributed by atoms with Gasteiger partial charge in [-0.2, -0.15) is 18.3 Å². The Kier molecular flexibility index (Phi) is 7.13. The zero-order chi connectivity index (χ0) is 28.6. The number of nitrogens with zero attached hydrogens (tertiary/aromatic N) is 5. The molecular formula is C27H28F3N7O3. The van der Waals surface area contributed by atoms with E-state index in [-0.39, 0.29) is 29.1 Å². The Hall–Kier alpha value is -4.55. The molecule has 1 saturated heterocycles. The minimum atomic E-state index is -4.74. The van der Waals surface area contributed by atoms with Crippen LogP contribution in [0.1, 0.15) is 41.5 Å². The first-order valence-corrected chi connectivity index (χ1v) is 12.7. The molecular weight excluding hydrogens is 527 g/mol. The molecule has 13 heteroatoms. The number of anilines is 2. The monoisotopic (exact) mass is 555 g/mol. The molecule has 40 heavy (non-hydrogen) atoms. The van der Waals surface area contributed by atoms with Crippen LogP contribution in [0, 0.1) is 0 Å². The quantitative estimate of drug-likeness (QED) is 0.369. The predicted molar refractivity (Wildman–Crippen MR) is 142 cm³/mol. The lowest BCUT2D eigenvalue weighted by molar-refractivity contribution is -0.141. The molecule has 0 saturated carbocycles. The van der Waals surface area contributed by atoms with Crippen molar-refractivity contribution in [1.29, 1.82) is 0 Å². The molecule has 2 aromatic carbocycles. The van der Waals surface area contributed by atoms with Crippen LogP contribution in [0.5, 0.6) is 0 Å². The van der Waals surface area contributed by atoms with Gasteiger partial charge in [-0.1, -0.05) is 23.4 Å². The summed E-state index contributed by atoms with van der Waals surface area (Å²) >= 11 is 0. The van der Waals surface area contributed by atoms with Gasteiger partial charge in [-0.05, 0) is 42.7 Å². The van der Waals surface area contributed by atoms with E-state index in [4.69, 9.17) is 10.3 Å². The molecule has 1 aliphatic rings. The first-order valence-electron chi connectivity index (χ1n) is 12.7. The molecule has 0 bridgehead atoms. The van der Waals surface area contributed by atoms with Crippen LogP contribution in [0.2, 0.25) is 0 Å². The normalized spacial score (nSPS) is 14.5. The number of aromatic nitrogens is 3. The first kappa shape index (κ1) is 27.0. The van der Waals surface area contributed by atoms with Gasteiger partial charge in [0.25, 0.3) is 5.91 Å². The van der Waals surface area contributed by atoms with Gasteiger partial charge in [0.15, 0.2) is 17.1 Å². The summed E-state index contributed by atoms with van der Waals surface area (Å²) in [5.74, 6) is -0.621. The second-order valence-corrected chi connectivity index (χ2v) is 9.81. The largest absolute Gasteiger partial charge is 0.435 e. The van der Waals surface area contributed by atoms with Gasteiger partial charge >= 0.3 is 6.18 Å². The number of halogens is 3. The van der Waals surface area contributed by atoms with Gasteiger partial charge < -0.3 is 25.4 Å². The van der Waals surface area contributed by atoms with E-state index in [1.54, 1.807) is 11.9 Å². The number of hydrogen-bond donors (Lipinski definition) is 2. The number of para-hydroxylation sites is 1. The third-order valence-corrected chi connectivity index (χ3v) is 7.07. The molecule has 3 heterocycles. The van der Waals surface area contributed by atoms with Gasteiger partial charge in [0.1, 0.15) is 5.69 Å². The average Bonchev–Trinajstić information content (AvgIpc) is 3.54. The number of alkyl halides is 3. The van der Waals surface area contributed by atoms with E-state index < -0.39 is 17.8 Å². The molecule has 1 fully saturated rings. The van der Waals surface area contributed by atoms with Crippen LogP contribution in [0.25, 0.3) is 16.7 Å². The minimum Gasteiger partial charge on any atom is -0.380 e. The lowest BCUT2D eigenvalue weighted by Crippen LogP contribution is -2.45. The van der Waals surface area contributed by atoms with Crippen molar-refractivity contribution in [3.05, 3.63) is 65.5 Å². The SMILES string of the molecule is CC(=O)N(C)Cc1ccccc1N1CCC(NC(=O)c2cc(C(F)(F)F)nn2-c2ccc3onc(N)c3c2)CC1. The van der Waals surface area contributed by atoms with Crippen molar-refractivity contribution >= 4 is 34.3 Å². The predicted octanol–water partition coefficient (Wildman–Crippen LogP) is 3.99. The summed E-state index contributed by atoms with van der Waals surface area (Å²) in [6.07, 6.45) is -3.56. The number of nitrogens with one attached hydrogen (secondary N) is 1. The molecule has 2 amide bonds. The van der Waals surface area contributed by atoms with Crippen molar-refractivity contribution in [2.45, 2.75) is 38.5 Å². The van der Waals surface area contributed by atoms with Crippen LogP contribution in [-0.4, -0.2) is 57.8 Å². The van der Waals surface area contributed by atoms with E-state index >= 15 is 0 Å². The highest BCUT2D eigenvalue weighted by Crippen LogP contribution is 2.31. The van der Waals surface area contributed by atoms with E-state index in [1.807, 2.05) is 24.3 Å². The van der Waals surface area contributed by atoms with E-state index in [0.717, 1.165) is 22.0 Å². The standard InChI is InChI=1S/C27H28F3N7O3/c1-16(38)35(2)15-17-5-3-4-6-21(17)36-11-9-18(10-12-36)32-26(39)22-14-24(27(28,29)30)33-37(22)19-7-8-23-20(13-19)25(31)34-40-23/h3-8,13-14,18H,9-12,15H2,1-2H3,(H2,31,34)(H,32,39). The van der Waals surface area contributed by atoms with Crippen molar-refractivity contribution in [2.24, 2.45) is 0 Å². The summed E-state index contributed by atoms with van der Waals surface area (Å²) in [7, 11) is 1.74. The summed E-state index contributed by atoms with van der Waals surface area (Å²) in [5, 5.41) is 10.6. The van der Waals surface area contributed by atoms with E-state index in [2.05, 4.69) is 20.5 Å². The smallest absolute Gasteiger partial charge is 0.380 e. The molecule has 210 valence electrons. The maximum atomic E-state index is 13.6. The van der Waals surface area contributed by atoms with E-state index in [1.165, 1.54) is 25.1 Å². The van der Waals surface area contributed by atoms with Crippen LogP contribution in [-0.2, 0) is 17.5 Å². The third-order valence-electron chi connectivity index (χ3n) is 7.07. The summed E-state index contributed by atoms with van der Waals surface area (Å²) in [6, 6.07) is 12.8. The second-order valence-electron chi connectivity index (χ2n) is 9.81. The minimum absolute atomic E-state index is 0.0334. The van der Waals surface area contributed by atoms with Crippen molar-refractivity contribution in [3.63, 3.8) is 0 Å². The molecule has 0 spiro atoms. The van der Waals surface area contributed by atoms with E-state index in [9.17, 15) is 22.8 Å². The lowest BCUT2D eigenvalue weighted by Gasteiger charge is -2.35. The van der Waals surface area contributed by atoms with Gasteiger partial charge in [0.05, 0.1) is 11.1 Å². The number of amides is 2. The fraction of sp³-hybridized carbons (Fsp3) is 0.333. The van der Waals surface area contributed by atoms with Gasteiger partial charge in [0.2, 0.25) is 5.91 Å². The van der Waals surface area contributed by atoms with E-state index in [0.29, 0.717) is 43.4 Å². The van der Waals surface area contributed by atoms with Gasteiger partial charge in [-0.25, -0.2) is 4.68 Å². The van der Waals surface area contributed by atoms with Crippen LogP contribution in [0.15, 0.2) is 53.1 Å². The summed E-state index contributed by atoms with van der Waals surface area (Å²) < 4.78 is 46.7. The van der Waals surface area contributed by atoms with Crippen molar-refractivity contribution < 1.29 is 27.3 Å². The van der Waals surface area contributed by atoms with Crippen molar-refractivity contribution in [2.75, 3.05) is 30.8 Å². The number of fused-ring (bicyclic) bond motifs is 1. The lowest BCUT2D eigenvalue weighted by atomic mass is 10.0. The number of carbonyl (C=O) groups excluding carboxylic acids is 2. The Balaban J connectivity index is 1.33. The fourth-order valence-electron chi connectivity index (χ4n) is 4.80. The summed E-state index contributed by atoms with van der Waals surface area (Å²) in [5.41, 5.74) is 6.97. The molecule has 5 rings (SSSR count). The number of hydrogen-bond acceptors (Lipinski definition) is 7. The average molecular weight is 556 g/mol. The topological polar surface area (TPSA) is 123 Å². The Morgan fingerprint density at radius 1 is 1.15 bits per heavy atom. The van der Waals surface area contributed by atoms with Gasteiger partial charge in [-0.3, -0.25) is 9.59 Å². The third kappa shape index (κ3) is 5.44. The number of benzene rings is 2. The Bertz CT molecular complexity index is 1550. The van der Waals surface area contributed by atoms with Gasteiger partial charge in [-0.15, -0.1) is 0 Å². The highest BCUT2D eigenvalue weighted by Gasteiger charge is 2.36. The van der Waals surface area contributed by atoms with Crippen LogP contribution in [0.3, 0.4) is 0 Å². The zero-order valence-corrected chi connectivity index (χ0v) is 21.9. The Morgan fingerprint density at radius 3 is 2.58 bits per heavy atom. The number of piperidine rings is 1. The molecule has 2 aromatic heterocycles. The number of nitrogens with two attached hydrogens (primary N) is 1. The summed E-state index contributed by atoms with van der Waals surface area (Å²) in [4.78, 5) is 28.8. The molecule has 10 nitrogen and oxygen atoms in total. The highest BCUT2D eigenvalue weighted by atomic mass is 19.4. The molecule has 0 radical (unpaired) electrons. The van der Waals surface area contributed by atoms with Crippen LogP contribution < -0.4 is 16.0 Å². The number of rotatable bonds is 6. The zero-order valence-electron chi connectivity index (χ0n) is 21.9. The maximum absolute atomic E-state index is 13.6. The van der Waals surface area contributed by atoms with Crippen LogP contribution in [0.4, 0.5) is 24.7 Å². The molecule has 0 unspecified atom stereocenters. The van der Waals surface area contributed by atoms with Gasteiger partial charge in [0, 0.05) is 51.4 Å². The molecule has 0 atom stereocenters. The number of carbonyl (C=O) groups is 2.